The molecule has 7 nitrogen and oxygen atoms in total. The van der Waals surface area contributed by atoms with Crippen LogP contribution in [-0.2, 0) is 10.0 Å². The molecule has 0 aromatic heterocycles. The van der Waals surface area contributed by atoms with Gasteiger partial charge >= 0.3 is 0 Å². The summed E-state index contributed by atoms with van der Waals surface area (Å²) in [7, 11) is -3.58. The molecule has 0 N–H and O–H groups in total. The maximum atomic E-state index is 12.9. The summed E-state index contributed by atoms with van der Waals surface area (Å²) in [6.07, 6.45) is 0. The Morgan fingerprint density at radius 1 is 1.15 bits per heavy atom. The van der Waals surface area contributed by atoms with E-state index in [1.165, 1.54) is 16.4 Å². The van der Waals surface area contributed by atoms with Gasteiger partial charge in [-0.05, 0) is 32.0 Å². The fourth-order valence-corrected chi connectivity index (χ4v) is 5.14. The lowest BCUT2D eigenvalue weighted by molar-refractivity contribution is -0.384. The number of aryl methyl sites for hydroxylation is 1. The van der Waals surface area contributed by atoms with Gasteiger partial charge in [0.2, 0.25) is 10.0 Å². The van der Waals surface area contributed by atoms with Crippen LogP contribution in [0.5, 0.6) is 0 Å². The van der Waals surface area contributed by atoms with E-state index in [4.69, 9.17) is 11.6 Å². The predicted molar refractivity (Wildman–Crippen MR) is 105 cm³/mol. The number of halogens is 1. The first-order valence-electron chi connectivity index (χ1n) is 8.47. The second-order valence-corrected chi connectivity index (χ2v) is 8.91. The third-order valence-corrected chi connectivity index (χ3v) is 7.01. The number of nitro benzene ring substituents is 1. The van der Waals surface area contributed by atoms with Gasteiger partial charge in [-0.2, -0.15) is 4.31 Å². The normalized spacial score (nSPS) is 18.5. The smallest absolute Gasteiger partial charge is 0.271 e. The third-order valence-electron chi connectivity index (χ3n) is 4.68. The summed E-state index contributed by atoms with van der Waals surface area (Å²) in [5, 5.41) is 11.1. The fourth-order valence-electron chi connectivity index (χ4n) is 3.23. The van der Waals surface area contributed by atoms with Gasteiger partial charge in [0, 0.05) is 37.8 Å². The van der Waals surface area contributed by atoms with Crippen molar-refractivity contribution in [1.29, 1.82) is 0 Å². The summed E-state index contributed by atoms with van der Waals surface area (Å²) in [6, 6.07) is 10.9. The molecule has 3 rings (SSSR count). The molecule has 1 fully saturated rings. The Balaban J connectivity index is 1.80. The number of piperazine rings is 1. The van der Waals surface area contributed by atoms with Crippen LogP contribution in [0.4, 0.5) is 11.4 Å². The number of hydrogen-bond acceptors (Lipinski definition) is 5. The first kappa shape index (κ1) is 19.6. The highest BCUT2D eigenvalue weighted by molar-refractivity contribution is 7.89. The molecular weight excluding hydrogens is 390 g/mol. The highest BCUT2D eigenvalue weighted by Crippen LogP contribution is 2.32. The Bertz CT molecular complexity index is 963. The number of nitrogens with zero attached hydrogens (tertiary/aromatic N) is 3. The van der Waals surface area contributed by atoms with E-state index in [1.54, 1.807) is 30.3 Å². The molecule has 1 saturated heterocycles. The Kier molecular flexibility index (Phi) is 5.41. The minimum Gasteiger partial charge on any atom is -0.367 e. The third kappa shape index (κ3) is 3.92. The lowest BCUT2D eigenvalue weighted by Gasteiger charge is -2.40. The topological polar surface area (TPSA) is 83.8 Å². The van der Waals surface area contributed by atoms with E-state index in [0.29, 0.717) is 25.3 Å². The Hall–Kier alpha value is -2.16. The molecule has 0 unspecified atom stereocenters. The summed E-state index contributed by atoms with van der Waals surface area (Å²) < 4.78 is 27.4. The van der Waals surface area contributed by atoms with Crippen molar-refractivity contribution in [2.24, 2.45) is 0 Å². The summed E-state index contributed by atoms with van der Waals surface area (Å²) in [4.78, 5) is 12.6. The minimum absolute atomic E-state index is 0.0719. The standard InChI is InChI=1S/C18H20ClN3O4S/c1-13-3-6-16(7-4-13)27(25,26)21-10-9-20(12-14(21)2)18-8-5-15(22(23)24)11-17(18)19/h3-8,11,14H,9-10,12H2,1-2H3/t14-/m1/s1. The monoisotopic (exact) mass is 409 g/mol. The number of anilines is 1. The van der Waals surface area contributed by atoms with Crippen LogP contribution in [0.25, 0.3) is 0 Å². The van der Waals surface area contributed by atoms with E-state index in [2.05, 4.69) is 0 Å². The van der Waals surface area contributed by atoms with Crippen molar-refractivity contribution in [1.82, 2.24) is 4.31 Å². The lowest BCUT2D eigenvalue weighted by Crippen LogP contribution is -2.54. The van der Waals surface area contributed by atoms with Crippen molar-refractivity contribution < 1.29 is 13.3 Å². The van der Waals surface area contributed by atoms with Crippen LogP contribution in [0.1, 0.15) is 12.5 Å². The molecule has 0 radical (unpaired) electrons. The van der Waals surface area contributed by atoms with Gasteiger partial charge in [-0.15, -0.1) is 0 Å². The SMILES string of the molecule is Cc1ccc(S(=O)(=O)N2CCN(c3ccc([N+](=O)[O-])cc3Cl)C[C@H]2C)cc1. The average Bonchev–Trinajstić information content (AvgIpc) is 2.61. The maximum Gasteiger partial charge on any atom is 0.271 e. The van der Waals surface area contributed by atoms with Crippen molar-refractivity contribution in [2.45, 2.75) is 24.8 Å². The number of hydrogen-bond donors (Lipinski definition) is 0. The van der Waals surface area contributed by atoms with E-state index >= 15 is 0 Å². The molecule has 27 heavy (non-hydrogen) atoms. The number of rotatable bonds is 4. The summed E-state index contributed by atoms with van der Waals surface area (Å²) >= 11 is 6.21. The van der Waals surface area contributed by atoms with Crippen molar-refractivity contribution in [3.05, 3.63) is 63.2 Å². The molecule has 1 atom stereocenters. The fraction of sp³-hybridized carbons (Fsp3) is 0.333. The van der Waals surface area contributed by atoms with Crippen molar-refractivity contribution in [3.63, 3.8) is 0 Å². The van der Waals surface area contributed by atoms with Gasteiger partial charge in [-0.25, -0.2) is 8.42 Å². The number of non-ortho nitro benzene ring substituents is 1. The van der Waals surface area contributed by atoms with Crippen LogP contribution in [0.3, 0.4) is 0 Å². The van der Waals surface area contributed by atoms with Gasteiger partial charge in [0.1, 0.15) is 0 Å². The highest BCUT2D eigenvalue weighted by atomic mass is 35.5. The molecule has 9 heteroatoms. The predicted octanol–water partition coefficient (Wildman–Crippen LogP) is 3.46. The van der Waals surface area contributed by atoms with Crippen LogP contribution in [0.15, 0.2) is 47.4 Å². The Labute approximate surface area is 163 Å². The molecule has 1 heterocycles. The quantitative estimate of drug-likeness (QED) is 0.570. The summed E-state index contributed by atoms with van der Waals surface area (Å²) in [5.74, 6) is 0. The largest absolute Gasteiger partial charge is 0.367 e. The summed E-state index contributed by atoms with van der Waals surface area (Å²) in [6.45, 7) is 4.96. The van der Waals surface area contributed by atoms with Crippen molar-refractivity contribution >= 4 is 33.0 Å². The van der Waals surface area contributed by atoms with Gasteiger partial charge in [-0.3, -0.25) is 10.1 Å². The van der Waals surface area contributed by atoms with Crippen LogP contribution in [0.2, 0.25) is 5.02 Å². The zero-order valence-electron chi connectivity index (χ0n) is 15.0. The molecule has 0 spiro atoms. The minimum atomic E-state index is -3.58. The van der Waals surface area contributed by atoms with Crippen LogP contribution < -0.4 is 4.90 Å². The average molecular weight is 410 g/mol. The highest BCUT2D eigenvalue weighted by Gasteiger charge is 2.34. The van der Waals surface area contributed by atoms with E-state index < -0.39 is 14.9 Å². The molecule has 2 aromatic rings. The molecule has 0 saturated carbocycles. The second kappa shape index (κ2) is 7.46. The molecular formula is C18H20ClN3O4S. The second-order valence-electron chi connectivity index (χ2n) is 6.62. The van der Waals surface area contributed by atoms with Gasteiger partial charge < -0.3 is 4.90 Å². The van der Waals surface area contributed by atoms with Gasteiger partial charge in [0.25, 0.3) is 5.69 Å². The number of sulfonamides is 1. The molecule has 1 aliphatic heterocycles. The van der Waals surface area contributed by atoms with E-state index in [0.717, 1.165) is 5.56 Å². The van der Waals surface area contributed by atoms with E-state index in [9.17, 15) is 18.5 Å². The lowest BCUT2D eigenvalue weighted by atomic mass is 10.2. The zero-order chi connectivity index (χ0) is 19.8. The van der Waals surface area contributed by atoms with Crippen LogP contribution in [0, 0.1) is 17.0 Å². The van der Waals surface area contributed by atoms with Gasteiger partial charge in [0.05, 0.1) is 20.5 Å². The van der Waals surface area contributed by atoms with E-state index in [-0.39, 0.29) is 21.6 Å². The molecule has 144 valence electrons. The van der Waals surface area contributed by atoms with Crippen LogP contribution >= 0.6 is 11.6 Å². The first-order chi connectivity index (χ1) is 12.7. The number of benzene rings is 2. The maximum absolute atomic E-state index is 12.9. The van der Waals surface area contributed by atoms with Crippen molar-refractivity contribution in [3.8, 4) is 0 Å². The molecule has 0 bridgehead atoms. The Morgan fingerprint density at radius 3 is 2.37 bits per heavy atom. The molecule has 1 aliphatic rings. The molecule has 0 amide bonds. The van der Waals surface area contributed by atoms with E-state index in [1.807, 2.05) is 18.7 Å². The molecule has 2 aromatic carbocycles. The van der Waals surface area contributed by atoms with Crippen molar-refractivity contribution in [2.75, 3.05) is 24.5 Å². The first-order valence-corrected chi connectivity index (χ1v) is 10.3. The van der Waals surface area contributed by atoms with Gasteiger partial charge in [-0.1, -0.05) is 29.3 Å². The molecule has 0 aliphatic carbocycles. The van der Waals surface area contributed by atoms with Gasteiger partial charge in [0.15, 0.2) is 0 Å². The number of nitro groups is 1. The summed E-state index contributed by atoms with van der Waals surface area (Å²) in [5.41, 5.74) is 1.60. The zero-order valence-corrected chi connectivity index (χ0v) is 16.6. The Morgan fingerprint density at radius 2 is 1.81 bits per heavy atom. The van der Waals surface area contributed by atoms with Crippen LogP contribution in [-0.4, -0.2) is 43.3 Å².